The zero-order chi connectivity index (χ0) is 21.5. The lowest BCUT2D eigenvalue weighted by Gasteiger charge is -2.39. The number of ether oxygens (including phenoxy) is 1. The van der Waals surface area contributed by atoms with Crippen LogP contribution >= 0.6 is 0 Å². The van der Waals surface area contributed by atoms with E-state index >= 15 is 0 Å². The minimum atomic E-state index is -2.89. The molecule has 2 fully saturated rings. The highest BCUT2D eigenvalue weighted by Crippen LogP contribution is 2.34. The Balaban J connectivity index is 1.86. The molecule has 0 radical (unpaired) electrons. The molecule has 0 aromatic rings. The van der Waals surface area contributed by atoms with Crippen molar-refractivity contribution in [3.8, 4) is 0 Å². The minimum Gasteiger partial charge on any atom is -0.377 e. The first-order chi connectivity index (χ1) is 13.6. The maximum Gasteiger partial charge on any atom is 0.191 e. The van der Waals surface area contributed by atoms with Crippen LogP contribution in [0.25, 0.3) is 0 Å². The number of rotatable bonds is 7. The number of sulfone groups is 1. The van der Waals surface area contributed by atoms with Crippen LogP contribution in [0.5, 0.6) is 0 Å². The van der Waals surface area contributed by atoms with Crippen molar-refractivity contribution in [2.75, 3.05) is 51.3 Å². The Morgan fingerprint density at radius 2 is 1.90 bits per heavy atom. The molecule has 2 atom stereocenters. The number of aliphatic imine (C=N–C) groups is 1. The first-order valence-corrected chi connectivity index (χ1v) is 13.2. The summed E-state index contributed by atoms with van der Waals surface area (Å²) in [5.41, 5.74) is 0.130. The van der Waals surface area contributed by atoms with Gasteiger partial charge in [0.1, 0.15) is 9.84 Å². The molecule has 2 unspecified atom stereocenters. The molecule has 2 N–H and O–H groups in total. The fourth-order valence-corrected chi connectivity index (χ4v) is 4.89. The molecular weight excluding hydrogens is 388 g/mol. The molecule has 2 heterocycles. The number of nitrogens with one attached hydrogen (secondary N) is 2. The van der Waals surface area contributed by atoms with Gasteiger partial charge in [0, 0.05) is 57.5 Å². The maximum atomic E-state index is 11.4. The lowest BCUT2D eigenvalue weighted by atomic mass is 9.78. The van der Waals surface area contributed by atoms with E-state index in [4.69, 9.17) is 9.73 Å². The van der Waals surface area contributed by atoms with Gasteiger partial charge in [0.15, 0.2) is 5.96 Å². The topological polar surface area (TPSA) is 83.0 Å². The van der Waals surface area contributed by atoms with Gasteiger partial charge in [-0.25, -0.2) is 8.42 Å². The van der Waals surface area contributed by atoms with Crippen LogP contribution < -0.4 is 10.6 Å². The average Bonchev–Trinajstić information content (AvgIpc) is 2.64. The van der Waals surface area contributed by atoms with Crippen LogP contribution in [-0.2, 0) is 14.6 Å². The van der Waals surface area contributed by atoms with E-state index in [0.717, 1.165) is 58.0 Å². The van der Waals surface area contributed by atoms with E-state index in [1.165, 1.54) is 12.7 Å². The normalized spacial score (nSPS) is 25.8. The average molecular weight is 431 g/mol. The second kappa shape index (κ2) is 11.0. The third-order valence-corrected chi connectivity index (χ3v) is 6.76. The van der Waals surface area contributed by atoms with Crippen LogP contribution in [-0.4, -0.2) is 82.8 Å². The summed E-state index contributed by atoms with van der Waals surface area (Å²) < 4.78 is 28.8. The molecule has 29 heavy (non-hydrogen) atoms. The van der Waals surface area contributed by atoms with E-state index in [2.05, 4.69) is 43.2 Å². The van der Waals surface area contributed by atoms with Crippen molar-refractivity contribution in [3.63, 3.8) is 0 Å². The van der Waals surface area contributed by atoms with Gasteiger partial charge in [-0.1, -0.05) is 20.8 Å². The molecule has 0 aromatic carbocycles. The first-order valence-electron chi connectivity index (χ1n) is 11.1. The summed E-state index contributed by atoms with van der Waals surface area (Å²) in [5.74, 6) is 1.59. The van der Waals surface area contributed by atoms with Gasteiger partial charge >= 0.3 is 0 Å². The predicted molar refractivity (Wildman–Crippen MR) is 120 cm³/mol. The summed E-state index contributed by atoms with van der Waals surface area (Å²) in [7, 11) is -2.89. The summed E-state index contributed by atoms with van der Waals surface area (Å²) in [6.45, 7) is 13.8. The summed E-state index contributed by atoms with van der Waals surface area (Å²) in [4.78, 5) is 7.15. The van der Waals surface area contributed by atoms with Gasteiger partial charge in [-0.05, 0) is 38.0 Å². The molecule has 2 saturated heterocycles. The van der Waals surface area contributed by atoms with E-state index < -0.39 is 9.84 Å². The smallest absolute Gasteiger partial charge is 0.191 e. The standard InChI is InChI=1S/C21H42N4O3S/c1-6-22-20(23-16-17-8-7-14-28-19(17)21(2,3)4)24-18-9-11-25(12-10-18)13-15-29(5,26)27/h17-19H,6-16H2,1-5H3,(H2,22,23,24). The Morgan fingerprint density at radius 3 is 2.48 bits per heavy atom. The highest BCUT2D eigenvalue weighted by molar-refractivity contribution is 7.90. The quantitative estimate of drug-likeness (QED) is 0.474. The molecule has 170 valence electrons. The molecule has 0 spiro atoms. The number of likely N-dealkylation sites (tertiary alicyclic amines) is 1. The van der Waals surface area contributed by atoms with E-state index in [9.17, 15) is 8.42 Å². The van der Waals surface area contributed by atoms with Crippen molar-refractivity contribution >= 4 is 15.8 Å². The molecule has 2 aliphatic heterocycles. The second-order valence-corrected chi connectivity index (χ2v) is 11.9. The molecule has 8 heteroatoms. The van der Waals surface area contributed by atoms with Crippen LogP contribution in [0.3, 0.4) is 0 Å². The van der Waals surface area contributed by atoms with Gasteiger partial charge in [-0.15, -0.1) is 0 Å². The minimum absolute atomic E-state index is 0.130. The van der Waals surface area contributed by atoms with Crippen LogP contribution in [0.15, 0.2) is 4.99 Å². The molecule has 0 amide bonds. The highest BCUT2D eigenvalue weighted by atomic mass is 32.2. The molecule has 0 saturated carbocycles. The lowest BCUT2D eigenvalue weighted by Crippen LogP contribution is -2.49. The van der Waals surface area contributed by atoms with Gasteiger partial charge in [-0.2, -0.15) is 0 Å². The maximum absolute atomic E-state index is 11.4. The van der Waals surface area contributed by atoms with E-state index in [0.29, 0.717) is 18.5 Å². The van der Waals surface area contributed by atoms with E-state index in [-0.39, 0.29) is 17.3 Å². The monoisotopic (exact) mass is 430 g/mol. The Morgan fingerprint density at radius 1 is 1.21 bits per heavy atom. The van der Waals surface area contributed by atoms with Crippen LogP contribution in [0.4, 0.5) is 0 Å². The van der Waals surface area contributed by atoms with Gasteiger partial charge < -0.3 is 20.3 Å². The number of nitrogens with zero attached hydrogens (tertiary/aromatic N) is 2. The largest absolute Gasteiger partial charge is 0.377 e. The molecule has 2 rings (SSSR count). The Bertz CT molecular complexity index is 622. The van der Waals surface area contributed by atoms with Crippen molar-refractivity contribution in [2.45, 2.75) is 65.5 Å². The zero-order valence-electron chi connectivity index (χ0n) is 19.0. The number of piperidine rings is 1. The van der Waals surface area contributed by atoms with Crippen molar-refractivity contribution in [2.24, 2.45) is 16.3 Å². The summed E-state index contributed by atoms with van der Waals surface area (Å²) in [5, 5.41) is 6.98. The first kappa shape index (κ1) is 24.4. The third kappa shape index (κ3) is 8.80. The Kier molecular flexibility index (Phi) is 9.22. The summed E-state index contributed by atoms with van der Waals surface area (Å²) in [6, 6.07) is 0.378. The predicted octanol–water partition coefficient (Wildman–Crippen LogP) is 1.89. The zero-order valence-corrected chi connectivity index (χ0v) is 19.9. The van der Waals surface area contributed by atoms with E-state index in [1.807, 2.05) is 0 Å². The summed E-state index contributed by atoms with van der Waals surface area (Å²) in [6.07, 6.45) is 5.85. The fourth-order valence-electron chi connectivity index (χ4n) is 4.31. The highest BCUT2D eigenvalue weighted by Gasteiger charge is 2.35. The SMILES string of the molecule is CCNC(=NCC1CCCOC1C(C)(C)C)NC1CCN(CCS(C)(=O)=O)CC1. The van der Waals surface area contributed by atoms with Crippen LogP contribution in [0, 0.1) is 11.3 Å². The molecule has 0 aliphatic carbocycles. The molecule has 0 bridgehead atoms. The van der Waals surface area contributed by atoms with Crippen molar-refractivity contribution < 1.29 is 13.2 Å². The molecule has 7 nitrogen and oxygen atoms in total. The van der Waals surface area contributed by atoms with Crippen molar-refractivity contribution in [1.29, 1.82) is 0 Å². The number of hydrogen-bond acceptors (Lipinski definition) is 5. The van der Waals surface area contributed by atoms with Gasteiger partial charge in [0.2, 0.25) is 0 Å². The second-order valence-electron chi connectivity index (χ2n) is 9.67. The van der Waals surface area contributed by atoms with Crippen molar-refractivity contribution in [1.82, 2.24) is 15.5 Å². The van der Waals surface area contributed by atoms with Crippen molar-refractivity contribution in [3.05, 3.63) is 0 Å². The van der Waals surface area contributed by atoms with Crippen LogP contribution in [0.1, 0.15) is 53.4 Å². The molecule has 0 aromatic heterocycles. The molecular formula is C21H42N4O3S. The molecule has 2 aliphatic rings. The summed E-state index contributed by atoms with van der Waals surface area (Å²) >= 11 is 0. The number of guanidine groups is 1. The fraction of sp³-hybridized carbons (Fsp3) is 0.952. The van der Waals surface area contributed by atoms with Gasteiger partial charge in [-0.3, -0.25) is 4.99 Å². The number of hydrogen-bond donors (Lipinski definition) is 2. The van der Waals surface area contributed by atoms with Gasteiger partial charge in [0.05, 0.1) is 11.9 Å². The lowest BCUT2D eigenvalue weighted by molar-refractivity contribution is -0.0823. The van der Waals surface area contributed by atoms with Gasteiger partial charge in [0.25, 0.3) is 0 Å². The third-order valence-electron chi connectivity index (χ3n) is 5.83. The Hall–Kier alpha value is -0.860. The van der Waals surface area contributed by atoms with Crippen LogP contribution in [0.2, 0.25) is 0 Å². The van der Waals surface area contributed by atoms with E-state index in [1.54, 1.807) is 0 Å². The Labute approximate surface area is 178 Å².